The van der Waals surface area contributed by atoms with E-state index in [1.165, 1.54) is 19.3 Å². The lowest BCUT2D eigenvalue weighted by molar-refractivity contribution is -0.143. The maximum absolute atomic E-state index is 13.1. The van der Waals surface area contributed by atoms with E-state index in [9.17, 15) is 36.2 Å². The fourth-order valence-electron chi connectivity index (χ4n) is 3.56. The first-order chi connectivity index (χ1) is 15.4. The second-order valence-corrected chi connectivity index (χ2v) is 7.43. The second kappa shape index (κ2) is 7.68. The number of imidazole rings is 1. The second-order valence-electron chi connectivity index (χ2n) is 7.43. The lowest BCUT2D eigenvalue weighted by atomic mass is 10.0. The molecular weight excluding hydrogens is 452 g/mol. The number of aromatic nitrogens is 2. The van der Waals surface area contributed by atoms with Crippen LogP contribution in [0.1, 0.15) is 27.9 Å². The first-order valence-electron chi connectivity index (χ1n) is 9.48. The zero-order chi connectivity index (χ0) is 24.1. The molecule has 11 heteroatoms. The van der Waals surface area contributed by atoms with Crippen LogP contribution >= 0.6 is 0 Å². The number of rotatable bonds is 3. The Bertz CT molecular complexity index is 1330. The number of alkyl halides is 6. The zero-order valence-electron chi connectivity index (χ0n) is 16.9. The first kappa shape index (κ1) is 22.4. The molecule has 1 aliphatic rings. The van der Waals surface area contributed by atoms with Crippen molar-refractivity contribution >= 4 is 23.6 Å². The van der Waals surface area contributed by atoms with Gasteiger partial charge >= 0.3 is 18.0 Å². The van der Waals surface area contributed by atoms with Gasteiger partial charge in [0.05, 0.1) is 23.4 Å². The van der Waals surface area contributed by atoms with E-state index >= 15 is 0 Å². The van der Waals surface area contributed by atoms with Gasteiger partial charge in [-0.15, -0.1) is 0 Å². The van der Waals surface area contributed by atoms with Crippen molar-refractivity contribution in [2.24, 2.45) is 12.0 Å². The van der Waals surface area contributed by atoms with E-state index in [1.807, 2.05) is 0 Å². The van der Waals surface area contributed by atoms with Gasteiger partial charge in [0.15, 0.2) is 0 Å². The monoisotopic (exact) mass is 467 g/mol. The summed E-state index contributed by atoms with van der Waals surface area (Å²) in [7, 11) is 1.33. The van der Waals surface area contributed by atoms with Crippen molar-refractivity contribution in [3.05, 3.63) is 80.9 Å². The summed E-state index contributed by atoms with van der Waals surface area (Å²) < 4.78 is 80.6. The molecule has 33 heavy (non-hydrogen) atoms. The minimum absolute atomic E-state index is 0.00381. The molecule has 1 aliphatic heterocycles. The van der Waals surface area contributed by atoms with E-state index < -0.39 is 47.2 Å². The van der Waals surface area contributed by atoms with Crippen molar-refractivity contribution < 1.29 is 31.4 Å². The van der Waals surface area contributed by atoms with Gasteiger partial charge in [-0.05, 0) is 35.9 Å². The van der Waals surface area contributed by atoms with Gasteiger partial charge < -0.3 is 5.11 Å². The largest absolute Gasteiger partial charge is 0.493 e. The molecule has 0 spiro atoms. The highest BCUT2D eigenvalue weighted by molar-refractivity contribution is 6.21. The number of para-hydroxylation sites is 1. The highest BCUT2D eigenvalue weighted by atomic mass is 19.4. The van der Waals surface area contributed by atoms with E-state index in [-0.39, 0.29) is 11.8 Å². The summed E-state index contributed by atoms with van der Waals surface area (Å²) >= 11 is 0. The van der Waals surface area contributed by atoms with E-state index in [0.717, 1.165) is 10.1 Å². The van der Waals surface area contributed by atoms with Crippen molar-refractivity contribution in [3.63, 3.8) is 0 Å². The summed E-state index contributed by atoms with van der Waals surface area (Å²) in [6.07, 6.45) is -7.06. The molecule has 2 heterocycles. The third kappa shape index (κ3) is 4.18. The molecule has 5 nitrogen and oxygen atoms in total. The van der Waals surface area contributed by atoms with Crippen LogP contribution < -0.4 is 5.69 Å². The molecule has 0 unspecified atom stereocenters. The molecular formula is C22H15F6N3O2. The van der Waals surface area contributed by atoms with Crippen LogP contribution in [0.15, 0.2) is 52.3 Å². The standard InChI is InChI=1S/C22H15F6N3O2/c1-30-18(8-13-10-29-17-5-3-2-4-16(13)17)19(32)31(20(30)33)11-12-6-14(21(23,24)25)9-15(7-12)22(26,27)28/h2-10,32H,11H2,1H3/b13-8+. The molecule has 0 saturated heterocycles. The highest BCUT2D eigenvalue weighted by Crippen LogP contribution is 2.37. The van der Waals surface area contributed by atoms with Crippen LogP contribution in [-0.2, 0) is 25.9 Å². The van der Waals surface area contributed by atoms with E-state index in [4.69, 9.17) is 0 Å². The Labute approximate surface area is 182 Å². The van der Waals surface area contributed by atoms with Gasteiger partial charge in [-0.1, -0.05) is 18.2 Å². The number of allylic oxidation sites excluding steroid dienone is 1. The Balaban J connectivity index is 1.78. The average Bonchev–Trinajstić information content (AvgIpc) is 3.23. The average molecular weight is 467 g/mol. The molecule has 172 valence electrons. The van der Waals surface area contributed by atoms with Gasteiger partial charge in [-0.3, -0.25) is 14.1 Å². The fraction of sp³-hybridized carbons (Fsp3) is 0.182. The molecule has 1 N–H and O–H groups in total. The molecule has 0 aliphatic carbocycles. The Morgan fingerprint density at radius 1 is 1.00 bits per heavy atom. The molecule has 1 aromatic heterocycles. The van der Waals surface area contributed by atoms with Gasteiger partial charge in [-0.25, -0.2) is 4.79 Å². The van der Waals surface area contributed by atoms with Crippen molar-refractivity contribution in [2.75, 3.05) is 0 Å². The van der Waals surface area contributed by atoms with Crippen molar-refractivity contribution in [2.45, 2.75) is 18.9 Å². The summed E-state index contributed by atoms with van der Waals surface area (Å²) in [5.74, 6) is -0.598. The zero-order valence-corrected chi connectivity index (χ0v) is 16.9. The number of hydrogen-bond donors (Lipinski definition) is 1. The quantitative estimate of drug-likeness (QED) is 0.536. The Hall–Kier alpha value is -3.76. The predicted molar refractivity (Wildman–Crippen MR) is 109 cm³/mol. The summed E-state index contributed by atoms with van der Waals surface area (Å²) in [6.45, 7) is -0.695. The maximum Gasteiger partial charge on any atom is 0.416 e. The Kier molecular flexibility index (Phi) is 5.22. The molecule has 4 rings (SSSR count). The molecule has 3 aromatic rings. The van der Waals surface area contributed by atoms with Gasteiger partial charge in [0.2, 0.25) is 5.88 Å². The molecule has 0 saturated carbocycles. The lowest BCUT2D eigenvalue weighted by Gasteiger charge is -2.14. The highest BCUT2D eigenvalue weighted by Gasteiger charge is 2.37. The smallest absolute Gasteiger partial charge is 0.416 e. The van der Waals surface area contributed by atoms with Gasteiger partial charge in [0, 0.05) is 24.4 Å². The first-order valence-corrected chi connectivity index (χ1v) is 9.48. The van der Waals surface area contributed by atoms with Crippen LogP contribution in [0.25, 0.3) is 11.6 Å². The third-order valence-corrected chi connectivity index (χ3v) is 5.20. The topological polar surface area (TPSA) is 59.5 Å². The fourth-order valence-corrected chi connectivity index (χ4v) is 3.56. The summed E-state index contributed by atoms with van der Waals surface area (Å²) in [5, 5.41) is 10.6. The molecule has 0 bridgehead atoms. The Morgan fingerprint density at radius 2 is 1.61 bits per heavy atom. The van der Waals surface area contributed by atoms with E-state index in [2.05, 4.69) is 4.99 Å². The van der Waals surface area contributed by atoms with Crippen LogP contribution in [0, 0.1) is 0 Å². The molecule has 0 atom stereocenters. The van der Waals surface area contributed by atoms with Crippen LogP contribution in [0.3, 0.4) is 0 Å². The van der Waals surface area contributed by atoms with Gasteiger partial charge in [0.1, 0.15) is 5.69 Å². The number of benzene rings is 2. The lowest BCUT2D eigenvalue weighted by Crippen LogP contribution is -2.23. The van der Waals surface area contributed by atoms with Crippen LogP contribution in [0.5, 0.6) is 5.88 Å². The summed E-state index contributed by atoms with van der Waals surface area (Å²) in [5.41, 5.74) is -2.23. The third-order valence-electron chi connectivity index (χ3n) is 5.20. The van der Waals surface area contributed by atoms with Gasteiger partial charge in [0.25, 0.3) is 0 Å². The van der Waals surface area contributed by atoms with Crippen LogP contribution in [0.4, 0.5) is 32.0 Å². The number of aromatic hydroxyl groups is 1. The van der Waals surface area contributed by atoms with Crippen LogP contribution in [-0.4, -0.2) is 20.5 Å². The summed E-state index contributed by atoms with van der Waals surface area (Å²) in [6, 6.07) is 8.15. The molecule has 0 fully saturated rings. The molecule has 0 amide bonds. The van der Waals surface area contributed by atoms with Crippen molar-refractivity contribution in [1.29, 1.82) is 0 Å². The van der Waals surface area contributed by atoms with Gasteiger partial charge in [-0.2, -0.15) is 26.3 Å². The SMILES string of the molecule is Cn1c(/C=C2\C=Nc3ccccc32)c(O)n(Cc2cc(C(F)(F)F)cc(C(F)(F)F)c2)c1=O. The number of fused-ring (bicyclic) bond motifs is 1. The number of nitrogens with zero attached hydrogens (tertiary/aromatic N) is 3. The van der Waals surface area contributed by atoms with E-state index in [0.29, 0.717) is 28.0 Å². The van der Waals surface area contributed by atoms with Crippen LogP contribution in [0.2, 0.25) is 0 Å². The number of hydrogen-bond acceptors (Lipinski definition) is 3. The number of aliphatic imine (C=N–C) groups is 1. The van der Waals surface area contributed by atoms with Crippen molar-refractivity contribution in [1.82, 2.24) is 9.13 Å². The van der Waals surface area contributed by atoms with E-state index in [1.54, 1.807) is 24.3 Å². The molecule has 2 aromatic carbocycles. The maximum atomic E-state index is 13.1. The Morgan fingerprint density at radius 3 is 2.21 bits per heavy atom. The molecule has 0 radical (unpaired) electrons. The number of halogens is 6. The normalized spacial score (nSPS) is 14.8. The predicted octanol–water partition coefficient (Wildman–Crippen LogP) is 5.23. The van der Waals surface area contributed by atoms with Crippen molar-refractivity contribution in [3.8, 4) is 5.88 Å². The summed E-state index contributed by atoms with van der Waals surface area (Å²) in [4.78, 5) is 16.9. The minimum atomic E-state index is -5.02. The minimum Gasteiger partial charge on any atom is -0.493 e.